The molecule has 0 saturated heterocycles. The summed E-state index contributed by atoms with van der Waals surface area (Å²) in [4.78, 5) is 0.301. The van der Waals surface area contributed by atoms with Crippen LogP contribution in [0.2, 0.25) is 0 Å². The van der Waals surface area contributed by atoms with Crippen molar-refractivity contribution in [1.29, 1.82) is 0 Å². The molecule has 0 aliphatic heterocycles. The maximum Gasteiger partial charge on any atom is 0.244 e. The molecule has 0 fully saturated rings. The number of aryl methyl sites for hydroxylation is 1. The van der Waals surface area contributed by atoms with E-state index < -0.39 is 10.0 Å². The summed E-state index contributed by atoms with van der Waals surface area (Å²) in [6.45, 7) is 2.56. The van der Waals surface area contributed by atoms with E-state index in [1.165, 1.54) is 4.31 Å². The second-order valence-corrected chi connectivity index (χ2v) is 5.52. The molecule has 1 N–H and O–H groups in total. The SMILES string of the molecule is CCN(CCCO)S(=O)(=O)c1ccn(C)c1. The first-order chi connectivity index (χ1) is 7.52. The average molecular weight is 246 g/mol. The molecule has 1 aromatic rings. The molecule has 0 bridgehead atoms. The molecule has 0 radical (unpaired) electrons. The van der Waals surface area contributed by atoms with E-state index in [9.17, 15) is 8.42 Å². The van der Waals surface area contributed by atoms with Gasteiger partial charge in [0.05, 0.1) is 4.90 Å². The lowest BCUT2D eigenvalue weighted by molar-refractivity contribution is 0.271. The highest BCUT2D eigenvalue weighted by atomic mass is 32.2. The Balaban J connectivity index is 2.90. The lowest BCUT2D eigenvalue weighted by Crippen LogP contribution is -2.32. The first-order valence-electron chi connectivity index (χ1n) is 5.25. The highest BCUT2D eigenvalue weighted by Crippen LogP contribution is 2.15. The standard InChI is InChI=1S/C10H18N2O3S/c1-3-12(6-4-8-13)16(14,15)10-5-7-11(2)9-10/h5,7,9,13H,3-4,6,8H2,1-2H3. The summed E-state index contributed by atoms with van der Waals surface area (Å²) in [5, 5.41) is 8.73. The molecule has 1 aromatic heterocycles. The van der Waals surface area contributed by atoms with Gasteiger partial charge in [0.1, 0.15) is 0 Å². The third-order valence-corrected chi connectivity index (χ3v) is 4.32. The van der Waals surface area contributed by atoms with Crippen molar-refractivity contribution in [3.05, 3.63) is 18.5 Å². The molecule has 0 aliphatic carbocycles. The minimum absolute atomic E-state index is 0.000803. The highest BCUT2D eigenvalue weighted by Gasteiger charge is 2.22. The van der Waals surface area contributed by atoms with Crippen LogP contribution in [-0.4, -0.2) is 42.1 Å². The first kappa shape index (κ1) is 13.2. The van der Waals surface area contributed by atoms with E-state index in [-0.39, 0.29) is 6.61 Å². The van der Waals surface area contributed by atoms with Crippen LogP contribution in [0, 0.1) is 0 Å². The third-order valence-electron chi connectivity index (χ3n) is 2.36. The van der Waals surface area contributed by atoms with Gasteiger partial charge in [-0.3, -0.25) is 0 Å². The van der Waals surface area contributed by atoms with Crippen LogP contribution >= 0.6 is 0 Å². The molecule has 1 heterocycles. The second kappa shape index (κ2) is 5.47. The van der Waals surface area contributed by atoms with Crippen molar-refractivity contribution in [2.24, 2.45) is 7.05 Å². The van der Waals surface area contributed by atoms with E-state index in [0.29, 0.717) is 24.4 Å². The molecule has 6 heteroatoms. The van der Waals surface area contributed by atoms with Gasteiger partial charge >= 0.3 is 0 Å². The summed E-state index contributed by atoms with van der Waals surface area (Å²) in [5.74, 6) is 0. The summed E-state index contributed by atoms with van der Waals surface area (Å²) < 4.78 is 27.3. The monoisotopic (exact) mass is 246 g/mol. The van der Waals surface area contributed by atoms with Gasteiger partial charge in [0.15, 0.2) is 0 Å². The number of aromatic nitrogens is 1. The zero-order chi connectivity index (χ0) is 12.2. The maximum absolute atomic E-state index is 12.1. The van der Waals surface area contributed by atoms with Crippen molar-refractivity contribution < 1.29 is 13.5 Å². The van der Waals surface area contributed by atoms with E-state index in [1.807, 2.05) is 0 Å². The van der Waals surface area contributed by atoms with Crippen molar-refractivity contribution in [3.63, 3.8) is 0 Å². The molecule has 0 saturated carbocycles. The van der Waals surface area contributed by atoms with Crippen LogP contribution in [0.15, 0.2) is 23.4 Å². The number of aliphatic hydroxyl groups is 1. The van der Waals surface area contributed by atoms with Gasteiger partial charge in [-0.1, -0.05) is 6.92 Å². The van der Waals surface area contributed by atoms with E-state index in [1.54, 1.807) is 37.0 Å². The van der Waals surface area contributed by atoms with Gasteiger partial charge < -0.3 is 9.67 Å². The summed E-state index contributed by atoms with van der Waals surface area (Å²) >= 11 is 0. The second-order valence-electron chi connectivity index (χ2n) is 3.59. The zero-order valence-electron chi connectivity index (χ0n) is 9.63. The number of hydrogen-bond acceptors (Lipinski definition) is 3. The Morgan fingerprint density at radius 1 is 1.50 bits per heavy atom. The van der Waals surface area contributed by atoms with Crippen LogP contribution in [0.1, 0.15) is 13.3 Å². The van der Waals surface area contributed by atoms with Crippen LogP contribution in [0.5, 0.6) is 0 Å². The van der Waals surface area contributed by atoms with Crippen LogP contribution in [0.3, 0.4) is 0 Å². The predicted molar refractivity (Wildman–Crippen MR) is 61.5 cm³/mol. The van der Waals surface area contributed by atoms with Crippen molar-refractivity contribution in [3.8, 4) is 0 Å². The van der Waals surface area contributed by atoms with E-state index in [2.05, 4.69) is 0 Å². The summed E-state index contributed by atoms with van der Waals surface area (Å²) in [7, 11) is -1.62. The maximum atomic E-state index is 12.1. The largest absolute Gasteiger partial charge is 0.396 e. The molecule has 0 atom stereocenters. The number of rotatable bonds is 6. The van der Waals surface area contributed by atoms with Gasteiger partial charge in [0.2, 0.25) is 10.0 Å². The Kier molecular flexibility index (Phi) is 4.52. The van der Waals surface area contributed by atoms with Crippen molar-refractivity contribution in [2.45, 2.75) is 18.2 Å². The van der Waals surface area contributed by atoms with Gasteiger partial charge in [-0.05, 0) is 12.5 Å². The zero-order valence-corrected chi connectivity index (χ0v) is 10.4. The smallest absolute Gasteiger partial charge is 0.244 e. The fourth-order valence-electron chi connectivity index (χ4n) is 1.47. The normalized spacial score (nSPS) is 12.2. The average Bonchev–Trinajstić information content (AvgIpc) is 2.66. The van der Waals surface area contributed by atoms with Gasteiger partial charge in [-0.25, -0.2) is 8.42 Å². The van der Waals surface area contributed by atoms with Crippen molar-refractivity contribution >= 4 is 10.0 Å². The summed E-state index contributed by atoms with van der Waals surface area (Å²) in [6, 6.07) is 1.58. The van der Waals surface area contributed by atoms with Crippen molar-refractivity contribution in [1.82, 2.24) is 8.87 Å². The Bertz CT molecular complexity index is 425. The van der Waals surface area contributed by atoms with E-state index in [4.69, 9.17) is 5.11 Å². The van der Waals surface area contributed by atoms with Crippen LogP contribution in [0.25, 0.3) is 0 Å². The lowest BCUT2D eigenvalue weighted by atomic mass is 10.4. The summed E-state index contributed by atoms with van der Waals surface area (Å²) in [6.07, 6.45) is 3.74. The molecule has 0 amide bonds. The Morgan fingerprint density at radius 2 is 2.19 bits per heavy atom. The molecule has 1 rings (SSSR count). The van der Waals surface area contributed by atoms with Crippen LogP contribution < -0.4 is 0 Å². The van der Waals surface area contributed by atoms with Crippen LogP contribution in [0.4, 0.5) is 0 Å². The van der Waals surface area contributed by atoms with E-state index in [0.717, 1.165) is 0 Å². The highest BCUT2D eigenvalue weighted by molar-refractivity contribution is 7.89. The number of nitrogens with zero attached hydrogens (tertiary/aromatic N) is 2. The first-order valence-corrected chi connectivity index (χ1v) is 6.69. The number of sulfonamides is 1. The molecular formula is C10H18N2O3S. The molecule has 0 aromatic carbocycles. The summed E-state index contributed by atoms with van der Waals surface area (Å²) in [5.41, 5.74) is 0. The van der Waals surface area contributed by atoms with Gasteiger partial charge in [0.25, 0.3) is 0 Å². The molecule has 0 aliphatic rings. The Morgan fingerprint density at radius 3 is 2.62 bits per heavy atom. The van der Waals surface area contributed by atoms with Gasteiger partial charge in [-0.2, -0.15) is 4.31 Å². The number of hydrogen-bond donors (Lipinski definition) is 1. The van der Waals surface area contributed by atoms with E-state index >= 15 is 0 Å². The Hall–Kier alpha value is -0.850. The topological polar surface area (TPSA) is 62.5 Å². The fraction of sp³-hybridized carbons (Fsp3) is 0.600. The van der Waals surface area contributed by atoms with Gasteiger partial charge in [-0.15, -0.1) is 0 Å². The third kappa shape index (κ3) is 2.84. The molecule has 0 spiro atoms. The molecule has 92 valence electrons. The minimum atomic E-state index is -3.40. The van der Waals surface area contributed by atoms with Crippen LogP contribution in [-0.2, 0) is 17.1 Å². The molecule has 5 nitrogen and oxygen atoms in total. The number of aliphatic hydroxyl groups excluding tert-OH is 1. The quantitative estimate of drug-likeness (QED) is 0.791. The fourth-order valence-corrected chi connectivity index (χ4v) is 3.01. The Labute approximate surface area is 96.4 Å². The van der Waals surface area contributed by atoms with Crippen molar-refractivity contribution in [2.75, 3.05) is 19.7 Å². The predicted octanol–water partition coefficient (Wildman–Crippen LogP) is 0.418. The molecule has 0 unspecified atom stereocenters. The lowest BCUT2D eigenvalue weighted by Gasteiger charge is -2.19. The molecule has 16 heavy (non-hydrogen) atoms. The van der Waals surface area contributed by atoms with Gasteiger partial charge in [0, 0.05) is 39.1 Å². The molecular weight excluding hydrogens is 228 g/mol. The minimum Gasteiger partial charge on any atom is -0.396 e.